The van der Waals surface area contributed by atoms with E-state index in [-0.39, 0.29) is 17.9 Å². The first kappa shape index (κ1) is 13.7. The lowest BCUT2D eigenvalue weighted by Crippen LogP contribution is -2.37. The third kappa shape index (κ3) is 2.87. The van der Waals surface area contributed by atoms with Crippen molar-refractivity contribution in [2.75, 3.05) is 14.2 Å². The van der Waals surface area contributed by atoms with Crippen molar-refractivity contribution >= 4 is 11.9 Å². The van der Waals surface area contributed by atoms with Gasteiger partial charge >= 0.3 is 11.9 Å². The largest absolute Gasteiger partial charge is 0.469 e. The Hall–Kier alpha value is -1.32. The van der Waals surface area contributed by atoms with Gasteiger partial charge in [0.15, 0.2) is 0 Å². The maximum atomic E-state index is 11.8. The number of hydrogen-bond acceptors (Lipinski definition) is 4. The van der Waals surface area contributed by atoms with E-state index in [1.54, 1.807) is 6.08 Å². The number of carbonyl (C=O) groups is 2. The third-order valence-corrected chi connectivity index (χ3v) is 3.63. The van der Waals surface area contributed by atoms with Crippen LogP contribution in [0.3, 0.4) is 0 Å². The van der Waals surface area contributed by atoms with E-state index < -0.39 is 5.41 Å². The Bertz CT molecular complexity index is 301. The van der Waals surface area contributed by atoms with Crippen LogP contribution in [-0.4, -0.2) is 26.2 Å². The first-order chi connectivity index (χ1) is 8.09. The van der Waals surface area contributed by atoms with Crippen molar-refractivity contribution in [1.29, 1.82) is 0 Å². The lowest BCUT2D eigenvalue weighted by molar-refractivity contribution is -0.159. The zero-order valence-electron chi connectivity index (χ0n) is 10.5. The van der Waals surface area contributed by atoms with Gasteiger partial charge in [0.1, 0.15) is 0 Å². The molecule has 4 heteroatoms. The Morgan fingerprint density at radius 1 is 1.29 bits per heavy atom. The fourth-order valence-electron chi connectivity index (χ4n) is 2.56. The Balaban J connectivity index is 2.70. The standard InChI is InChI=1S/C13H20O4/c1-4-7-13(12(15)17-3)8-5-10(6-9-13)11(14)16-2/h4,10H,1,5-9H2,2-3H3. The summed E-state index contributed by atoms with van der Waals surface area (Å²) in [5.41, 5.74) is -0.485. The van der Waals surface area contributed by atoms with E-state index in [2.05, 4.69) is 6.58 Å². The summed E-state index contributed by atoms with van der Waals surface area (Å²) in [6, 6.07) is 0. The van der Waals surface area contributed by atoms with E-state index in [0.717, 1.165) is 0 Å². The van der Waals surface area contributed by atoms with Crippen LogP contribution in [0.25, 0.3) is 0 Å². The van der Waals surface area contributed by atoms with Gasteiger partial charge in [-0.1, -0.05) is 6.08 Å². The first-order valence-corrected chi connectivity index (χ1v) is 5.87. The predicted molar refractivity (Wildman–Crippen MR) is 63.2 cm³/mol. The zero-order chi connectivity index (χ0) is 12.9. The number of rotatable bonds is 4. The van der Waals surface area contributed by atoms with Crippen molar-refractivity contribution in [2.45, 2.75) is 32.1 Å². The van der Waals surface area contributed by atoms with Gasteiger partial charge in [-0.2, -0.15) is 0 Å². The van der Waals surface area contributed by atoms with Crippen LogP contribution in [0, 0.1) is 11.3 Å². The van der Waals surface area contributed by atoms with Crippen LogP contribution in [0.2, 0.25) is 0 Å². The predicted octanol–water partition coefficient (Wildman–Crippen LogP) is 2.09. The van der Waals surface area contributed by atoms with Crippen molar-refractivity contribution in [3.8, 4) is 0 Å². The summed E-state index contributed by atoms with van der Waals surface area (Å²) < 4.78 is 9.59. The molecule has 0 saturated heterocycles. The van der Waals surface area contributed by atoms with E-state index in [1.165, 1.54) is 14.2 Å². The second kappa shape index (κ2) is 5.84. The van der Waals surface area contributed by atoms with Gasteiger partial charge in [-0.15, -0.1) is 6.58 Å². The molecule has 0 spiro atoms. The third-order valence-electron chi connectivity index (χ3n) is 3.63. The lowest BCUT2D eigenvalue weighted by Gasteiger charge is -2.36. The summed E-state index contributed by atoms with van der Waals surface area (Å²) in [4.78, 5) is 23.3. The summed E-state index contributed by atoms with van der Waals surface area (Å²) in [6.07, 6.45) is 5.02. The molecule has 0 N–H and O–H groups in total. The molecule has 0 radical (unpaired) electrons. The molecule has 0 aromatic rings. The molecule has 1 rings (SSSR count). The average Bonchev–Trinajstić information content (AvgIpc) is 2.38. The van der Waals surface area contributed by atoms with Crippen molar-refractivity contribution < 1.29 is 19.1 Å². The Kier molecular flexibility index (Phi) is 4.73. The molecule has 0 aromatic carbocycles. The Labute approximate surface area is 102 Å². The van der Waals surface area contributed by atoms with Gasteiger partial charge < -0.3 is 9.47 Å². The minimum atomic E-state index is -0.485. The van der Waals surface area contributed by atoms with E-state index in [1.807, 2.05) is 0 Å². The van der Waals surface area contributed by atoms with Crippen molar-refractivity contribution in [2.24, 2.45) is 11.3 Å². The lowest BCUT2D eigenvalue weighted by atomic mass is 9.68. The number of allylic oxidation sites excluding steroid dienone is 1. The summed E-state index contributed by atoms with van der Waals surface area (Å²) in [5, 5.41) is 0. The molecule has 1 saturated carbocycles. The summed E-state index contributed by atoms with van der Waals surface area (Å²) in [6.45, 7) is 3.69. The highest BCUT2D eigenvalue weighted by Crippen LogP contribution is 2.43. The smallest absolute Gasteiger partial charge is 0.312 e. The van der Waals surface area contributed by atoms with Crippen LogP contribution >= 0.6 is 0 Å². The quantitative estimate of drug-likeness (QED) is 0.557. The molecule has 1 aliphatic carbocycles. The number of hydrogen-bond donors (Lipinski definition) is 0. The Morgan fingerprint density at radius 2 is 1.88 bits per heavy atom. The van der Waals surface area contributed by atoms with Gasteiger partial charge in [0.25, 0.3) is 0 Å². The first-order valence-electron chi connectivity index (χ1n) is 5.87. The summed E-state index contributed by atoms with van der Waals surface area (Å²) >= 11 is 0. The van der Waals surface area contributed by atoms with Crippen LogP contribution < -0.4 is 0 Å². The number of carbonyl (C=O) groups excluding carboxylic acids is 2. The van der Waals surface area contributed by atoms with Crippen LogP contribution in [0.15, 0.2) is 12.7 Å². The van der Waals surface area contributed by atoms with Gasteiger partial charge in [0, 0.05) is 0 Å². The zero-order valence-corrected chi connectivity index (χ0v) is 10.5. The monoisotopic (exact) mass is 240 g/mol. The molecule has 0 amide bonds. The van der Waals surface area contributed by atoms with E-state index in [0.29, 0.717) is 32.1 Å². The van der Waals surface area contributed by atoms with E-state index in [4.69, 9.17) is 9.47 Å². The molecular formula is C13H20O4. The van der Waals surface area contributed by atoms with Crippen molar-refractivity contribution in [3.05, 3.63) is 12.7 Å². The Morgan fingerprint density at radius 3 is 2.29 bits per heavy atom. The van der Waals surface area contributed by atoms with Gasteiger partial charge in [-0.25, -0.2) is 0 Å². The molecule has 0 heterocycles. The molecule has 0 atom stereocenters. The normalized spacial score (nSPS) is 28.2. The van der Waals surface area contributed by atoms with Gasteiger partial charge in [0.2, 0.25) is 0 Å². The topological polar surface area (TPSA) is 52.6 Å². The fourth-order valence-corrected chi connectivity index (χ4v) is 2.56. The van der Waals surface area contributed by atoms with Crippen LogP contribution in [0.1, 0.15) is 32.1 Å². The van der Waals surface area contributed by atoms with Gasteiger partial charge in [-0.3, -0.25) is 9.59 Å². The maximum absolute atomic E-state index is 11.8. The van der Waals surface area contributed by atoms with Crippen molar-refractivity contribution in [3.63, 3.8) is 0 Å². The minimum absolute atomic E-state index is 0.0809. The highest BCUT2D eigenvalue weighted by Gasteiger charge is 2.43. The molecule has 4 nitrogen and oxygen atoms in total. The second-order valence-corrected chi connectivity index (χ2v) is 4.56. The van der Waals surface area contributed by atoms with Crippen LogP contribution in [-0.2, 0) is 19.1 Å². The molecular weight excluding hydrogens is 220 g/mol. The minimum Gasteiger partial charge on any atom is -0.469 e. The molecule has 0 unspecified atom stereocenters. The molecule has 0 bridgehead atoms. The molecule has 1 aliphatic rings. The summed E-state index contributed by atoms with van der Waals surface area (Å²) in [5.74, 6) is -0.453. The maximum Gasteiger partial charge on any atom is 0.312 e. The van der Waals surface area contributed by atoms with E-state index in [9.17, 15) is 9.59 Å². The van der Waals surface area contributed by atoms with E-state index >= 15 is 0 Å². The fraction of sp³-hybridized carbons (Fsp3) is 0.692. The van der Waals surface area contributed by atoms with Crippen molar-refractivity contribution in [1.82, 2.24) is 0 Å². The van der Waals surface area contributed by atoms with Gasteiger partial charge in [0.05, 0.1) is 25.6 Å². The summed E-state index contributed by atoms with van der Waals surface area (Å²) in [7, 11) is 2.80. The molecule has 0 aliphatic heterocycles. The second-order valence-electron chi connectivity index (χ2n) is 4.56. The number of ether oxygens (including phenoxy) is 2. The molecule has 96 valence electrons. The van der Waals surface area contributed by atoms with Crippen LogP contribution in [0.4, 0.5) is 0 Å². The highest BCUT2D eigenvalue weighted by atomic mass is 16.5. The molecule has 17 heavy (non-hydrogen) atoms. The van der Waals surface area contributed by atoms with Crippen LogP contribution in [0.5, 0.6) is 0 Å². The molecule has 1 fully saturated rings. The highest BCUT2D eigenvalue weighted by molar-refractivity contribution is 5.78. The van der Waals surface area contributed by atoms with Gasteiger partial charge in [-0.05, 0) is 32.1 Å². The molecule has 0 aromatic heterocycles. The SMILES string of the molecule is C=CCC1(C(=O)OC)CCC(C(=O)OC)CC1. The number of esters is 2. The number of methoxy groups -OCH3 is 2. The average molecular weight is 240 g/mol.